The second kappa shape index (κ2) is 8.39. The van der Waals surface area contributed by atoms with Gasteiger partial charge in [0.15, 0.2) is 0 Å². The van der Waals surface area contributed by atoms with E-state index in [1.165, 1.54) is 5.01 Å². The maximum Gasteiger partial charge on any atom is 0.261 e. The van der Waals surface area contributed by atoms with Crippen molar-refractivity contribution < 1.29 is 17.6 Å². The van der Waals surface area contributed by atoms with Crippen molar-refractivity contribution >= 4 is 27.3 Å². The van der Waals surface area contributed by atoms with Crippen LogP contribution < -0.4 is 4.72 Å². The maximum absolute atomic E-state index is 12.9. The molecular formula is C23H23N3O4S. The number of nitrogens with one attached hydrogen (secondary N) is 1. The van der Waals surface area contributed by atoms with Gasteiger partial charge in [-0.1, -0.05) is 42.8 Å². The van der Waals surface area contributed by atoms with Crippen LogP contribution in [0.2, 0.25) is 0 Å². The summed E-state index contributed by atoms with van der Waals surface area (Å²) >= 11 is 0. The summed E-state index contributed by atoms with van der Waals surface area (Å²) in [6.45, 7) is 3.68. The monoisotopic (exact) mass is 437 g/mol. The summed E-state index contributed by atoms with van der Waals surface area (Å²) in [5, 5.41) is 5.98. The first kappa shape index (κ1) is 20.9. The Kier molecular flexibility index (Phi) is 5.65. The van der Waals surface area contributed by atoms with Crippen molar-refractivity contribution in [3.05, 3.63) is 83.8 Å². The molecule has 0 aliphatic carbocycles. The van der Waals surface area contributed by atoms with Crippen LogP contribution in [0.3, 0.4) is 0 Å². The highest BCUT2D eigenvalue weighted by molar-refractivity contribution is 7.92. The molecule has 2 aromatic carbocycles. The largest absolute Gasteiger partial charge is 0.467 e. The summed E-state index contributed by atoms with van der Waals surface area (Å²) in [5.41, 5.74) is 2.63. The van der Waals surface area contributed by atoms with E-state index in [0.29, 0.717) is 35.6 Å². The normalized spacial score (nSPS) is 16.3. The summed E-state index contributed by atoms with van der Waals surface area (Å²) in [6.07, 6.45) is 2.28. The third-order valence-corrected chi connectivity index (χ3v) is 6.53. The van der Waals surface area contributed by atoms with Gasteiger partial charge in [0.25, 0.3) is 10.0 Å². The molecule has 0 saturated heterocycles. The molecule has 1 aliphatic heterocycles. The Morgan fingerprint density at radius 1 is 1.13 bits per heavy atom. The van der Waals surface area contributed by atoms with Crippen LogP contribution in [-0.4, -0.2) is 25.0 Å². The Hall–Kier alpha value is -3.39. The molecule has 1 aliphatic rings. The van der Waals surface area contributed by atoms with E-state index in [9.17, 15) is 13.2 Å². The van der Waals surface area contributed by atoms with Crippen molar-refractivity contribution in [2.24, 2.45) is 5.10 Å². The third kappa shape index (κ3) is 4.25. The van der Waals surface area contributed by atoms with Gasteiger partial charge in [-0.25, -0.2) is 13.4 Å². The number of anilines is 1. The van der Waals surface area contributed by atoms with Crippen LogP contribution in [-0.2, 0) is 14.8 Å². The van der Waals surface area contributed by atoms with Gasteiger partial charge in [-0.15, -0.1) is 0 Å². The Labute approximate surface area is 181 Å². The number of hydrogen-bond acceptors (Lipinski definition) is 5. The van der Waals surface area contributed by atoms with E-state index in [4.69, 9.17) is 4.42 Å². The van der Waals surface area contributed by atoms with Gasteiger partial charge in [-0.2, -0.15) is 5.10 Å². The van der Waals surface area contributed by atoms with Crippen LogP contribution >= 0.6 is 0 Å². The van der Waals surface area contributed by atoms with Crippen LogP contribution in [0.1, 0.15) is 42.7 Å². The van der Waals surface area contributed by atoms with Gasteiger partial charge in [-0.3, -0.25) is 9.52 Å². The van der Waals surface area contributed by atoms with Crippen molar-refractivity contribution in [3.8, 4) is 0 Å². The number of carbonyl (C=O) groups excluding carboxylic acids is 1. The minimum Gasteiger partial charge on any atom is -0.467 e. The second-order valence-corrected chi connectivity index (χ2v) is 9.02. The van der Waals surface area contributed by atoms with Crippen LogP contribution in [0.5, 0.6) is 0 Å². The molecule has 1 aromatic heterocycles. The SMILES string of the molecule is CCC(=O)N1N=C(c2ccccc2NS(=O)(=O)c2ccc(C)cc2)C[C@@H]1c1ccco1. The standard InChI is InChI=1S/C23H23N3O4S/c1-3-23(27)26-21(22-9-6-14-30-22)15-20(24-26)18-7-4-5-8-19(18)25-31(28,29)17-12-10-16(2)11-13-17/h4-14,21,25H,3,15H2,1-2H3/t21-/m1/s1. The zero-order valence-corrected chi connectivity index (χ0v) is 18.1. The second-order valence-electron chi connectivity index (χ2n) is 7.34. The highest BCUT2D eigenvalue weighted by Crippen LogP contribution is 2.35. The molecule has 4 rings (SSSR count). The van der Waals surface area contributed by atoms with Gasteiger partial charge in [0.05, 0.1) is 22.6 Å². The Bertz CT molecular complexity index is 1220. The lowest BCUT2D eigenvalue weighted by Crippen LogP contribution is -2.25. The van der Waals surface area contributed by atoms with Crippen molar-refractivity contribution in [1.82, 2.24) is 5.01 Å². The number of benzene rings is 2. The highest BCUT2D eigenvalue weighted by atomic mass is 32.2. The van der Waals surface area contributed by atoms with Gasteiger partial charge < -0.3 is 4.42 Å². The first-order valence-corrected chi connectivity index (χ1v) is 11.5. The smallest absolute Gasteiger partial charge is 0.261 e. The first-order chi connectivity index (χ1) is 14.9. The predicted molar refractivity (Wildman–Crippen MR) is 118 cm³/mol. The van der Waals surface area contributed by atoms with Crippen molar-refractivity contribution in [3.63, 3.8) is 0 Å². The number of sulfonamides is 1. The molecule has 0 fully saturated rings. The lowest BCUT2D eigenvalue weighted by Gasteiger charge is -2.18. The number of rotatable bonds is 6. The number of hydrazone groups is 1. The number of para-hydroxylation sites is 1. The highest BCUT2D eigenvalue weighted by Gasteiger charge is 2.35. The summed E-state index contributed by atoms with van der Waals surface area (Å²) in [4.78, 5) is 12.7. The Morgan fingerprint density at radius 3 is 2.55 bits per heavy atom. The molecule has 0 radical (unpaired) electrons. The lowest BCUT2D eigenvalue weighted by molar-refractivity contribution is -0.133. The fourth-order valence-corrected chi connectivity index (χ4v) is 4.59. The van der Waals surface area contributed by atoms with E-state index in [0.717, 1.165) is 5.56 Å². The molecule has 1 N–H and O–H groups in total. The van der Waals surface area contributed by atoms with Crippen LogP contribution in [0.4, 0.5) is 5.69 Å². The molecule has 1 atom stereocenters. The van der Waals surface area contributed by atoms with Gasteiger partial charge >= 0.3 is 0 Å². The predicted octanol–water partition coefficient (Wildman–Crippen LogP) is 4.48. The van der Waals surface area contributed by atoms with Gasteiger partial charge in [0, 0.05) is 18.4 Å². The quantitative estimate of drug-likeness (QED) is 0.616. The van der Waals surface area contributed by atoms with E-state index in [1.807, 2.05) is 19.1 Å². The molecule has 0 unspecified atom stereocenters. The van der Waals surface area contributed by atoms with E-state index in [-0.39, 0.29) is 16.8 Å². The minimum absolute atomic E-state index is 0.130. The molecule has 7 nitrogen and oxygen atoms in total. The summed E-state index contributed by atoms with van der Waals surface area (Å²) in [7, 11) is -3.78. The summed E-state index contributed by atoms with van der Waals surface area (Å²) < 4.78 is 34.0. The number of furan rings is 1. The van der Waals surface area contributed by atoms with Crippen molar-refractivity contribution in [1.29, 1.82) is 0 Å². The minimum atomic E-state index is -3.78. The zero-order chi connectivity index (χ0) is 22.0. The van der Waals surface area contributed by atoms with Gasteiger partial charge in [0.2, 0.25) is 5.91 Å². The molecule has 0 saturated carbocycles. The number of amides is 1. The molecule has 160 valence electrons. The Balaban J connectivity index is 1.68. The van der Waals surface area contributed by atoms with Crippen LogP contribution in [0, 0.1) is 6.92 Å². The van der Waals surface area contributed by atoms with E-state index >= 15 is 0 Å². The number of hydrogen-bond donors (Lipinski definition) is 1. The first-order valence-electron chi connectivity index (χ1n) is 10.0. The average Bonchev–Trinajstić information content (AvgIpc) is 3.43. The van der Waals surface area contributed by atoms with Crippen molar-refractivity contribution in [2.45, 2.75) is 37.6 Å². The Morgan fingerprint density at radius 2 is 1.87 bits per heavy atom. The number of nitrogens with zero attached hydrogens (tertiary/aromatic N) is 2. The topological polar surface area (TPSA) is 92.0 Å². The molecule has 1 amide bonds. The number of carbonyl (C=O) groups is 1. The molecule has 3 aromatic rings. The zero-order valence-electron chi connectivity index (χ0n) is 17.3. The maximum atomic E-state index is 12.9. The fourth-order valence-electron chi connectivity index (χ4n) is 3.51. The van der Waals surface area contributed by atoms with Gasteiger partial charge in [0.1, 0.15) is 11.8 Å². The number of aryl methyl sites for hydroxylation is 1. The molecule has 8 heteroatoms. The molecule has 31 heavy (non-hydrogen) atoms. The molecule has 2 heterocycles. The lowest BCUT2D eigenvalue weighted by atomic mass is 10.0. The third-order valence-electron chi connectivity index (χ3n) is 5.15. The van der Waals surface area contributed by atoms with Crippen LogP contribution in [0.25, 0.3) is 0 Å². The molecular weight excluding hydrogens is 414 g/mol. The van der Waals surface area contributed by atoms with Crippen molar-refractivity contribution in [2.75, 3.05) is 4.72 Å². The van der Waals surface area contributed by atoms with E-state index in [2.05, 4.69) is 9.82 Å². The average molecular weight is 438 g/mol. The van der Waals surface area contributed by atoms with Gasteiger partial charge in [-0.05, 0) is 37.3 Å². The molecule has 0 bridgehead atoms. The summed E-state index contributed by atoms with van der Waals surface area (Å²) in [5.74, 6) is 0.507. The van der Waals surface area contributed by atoms with E-state index < -0.39 is 10.0 Å². The van der Waals surface area contributed by atoms with E-state index in [1.54, 1.807) is 61.7 Å². The molecule has 0 spiro atoms. The van der Waals surface area contributed by atoms with Crippen LogP contribution in [0.15, 0.2) is 81.3 Å². The fraction of sp³-hybridized carbons (Fsp3) is 0.217. The summed E-state index contributed by atoms with van der Waals surface area (Å²) in [6, 6.07) is 16.9.